The number of amides is 2. The second kappa shape index (κ2) is 6.37. The molecule has 0 unspecified atom stereocenters. The van der Waals surface area contributed by atoms with E-state index in [4.69, 9.17) is 5.73 Å². The Morgan fingerprint density at radius 1 is 1.30 bits per heavy atom. The van der Waals surface area contributed by atoms with Crippen LogP contribution in [-0.4, -0.2) is 54.3 Å². The third-order valence-corrected chi connectivity index (χ3v) is 4.47. The largest absolute Gasteiger partial charge is 0.369 e. The molecule has 0 atom stereocenters. The third kappa shape index (κ3) is 3.37. The van der Waals surface area contributed by atoms with Crippen LogP contribution < -0.4 is 5.73 Å². The summed E-state index contributed by atoms with van der Waals surface area (Å²) in [6, 6.07) is 2.03. The van der Waals surface area contributed by atoms with Gasteiger partial charge >= 0.3 is 0 Å². The summed E-state index contributed by atoms with van der Waals surface area (Å²) in [4.78, 5) is 28.1. The molecule has 2 heterocycles. The molecule has 1 saturated heterocycles. The summed E-state index contributed by atoms with van der Waals surface area (Å²) in [5, 5.41) is 1.98. The molecule has 1 aromatic rings. The second-order valence-electron chi connectivity index (χ2n) is 5.39. The predicted octanol–water partition coefficient (Wildman–Crippen LogP) is 1.11. The number of hydrogen-bond donors (Lipinski definition) is 1. The van der Waals surface area contributed by atoms with E-state index in [0.29, 0.717) is 32.1 Å². The fourth-order valence-electron chi connectivity index (χ4n) is 2.42. The zero-order valence-electron chi connectivity index (χ0n) is 12.0. The van der Waals surface area contributed by atoms with E-state index in [-0.39, 0.29) is 18.4 Å². The Labute approximate surface area is 123 Å². The number of primary amides is 1. The Hall–Kier alpha value is -1.40. The minimum absolute atomic E-state index is 0.113. The first-order valence-electron chi connectivity index (χ1n) is 6.86. The molecule has 1 aliphatic heterocycles. The first-order chi connectivity index (χ1) is 9.49. The zero-order valence-corrected chi connectivity index (χ0v) is 12.8. The minimum Gasteiger partial charge on any atom is -0.369 e. The summed E-state index contributed by atoms with van der Waals surface area (Å²) in [6.07, 6.45) is 0. The molecule has 1 aliphatic rings. The van der Waals surface area contributed by atoms with E-state index in [9.17, 15) is 9.59 Å². The number of thiophene rings is 1. The summed E-state index contributed by atoms with van der Waals surface area (Å²) in [6.45, 7) is 7.20. The first kappa shape index (κ1) is 15.0. The van der Waals surface area contributed by atoms with Crippen LogP contribution in [0, 0.1) is 0 Å². The lowest BCUT2D eigenvalue weighted by atomic mass is 10.0. The maximum Gasteiger partial charge on any atom is 0.264 e. The molecule has 0 spiro atoms. The Morgan fingerprint density at radius 3 is 2.50 bits per heavy atom. The Balaban J connectivity index is 1.98. The van der Waals surface area contributed by atoms with Crippen LogP contribution >= 0.6 is 11.3 Å². The normalized spacial score (nSPS) is 16.6. The van der Waals surface area contributed by atoms with Crippen molar-refractivity contribution in [3.8, 4) is 0 Å². The lowest BCUT2D eigenvalue weighted by Crippen LogP contribution is -2.50. The highest BCUT2D eigenvalue weighted by Crippen LogP contribution is 2.26. The molecule has 0 aliphatic carbocycles. The molecule has 0 bridgehead atoms. The van der Waals surface area contributed by atoms with Crippen LogP contribution in [0.4, 0.5) is 0 Å². The molecule has 6 heteroatoms. The van der Waals surface area contributed by atoms with E-state index in [2.05, 4.69) is 13.8 Å². The quantitative estimate of drug-likeness (QED) is 0.905. The van der Waals surface area contributed by atoms with E-state index in [1.165, 1.54) is 11.3 Å². The van der Waals surface area contributed by atoms with Gasteiger partial charge < -0.3 is 10.6 Å². The van der Waals surface area contributed by atoms with Crippen LogP contribution in [0.25, 0.3) is 0 Å². The molecule has 2 amide bonds. The zero-order chi connectivity index (χ0) is 14.7. The molecule has 1 fully saturated rings. The van der Waals surface area contributed by atoms with Gasteiger partial charge in [0.05, 0.1) is 11.4 Å². The number of piperazine rings is 1. The molecule has 2 N–H and O–H groups in total. The van der Waals surface area contributed by atoms with Crippen molar-refractivity contribution in [2.75, 3.05) is 32.7 Å². The number of nitrogens with two attached hydrogens (primary N) is 1. The van der Waals surface area contributed by atoms with Crippen LogP contribution in [0.1, 0.15) is 35.0 Å². The van der Waals surface area contributed by atoms with E-state index in [1.807, 2.05) is 21.2 Å². The van der Waals surface area contributed by atoms with Crippen LogP contribution in [-0.2, 0) is 4.79 Å². The monoisotopic (exact) mass is 295 g/mol. The second-order valence-corrected chi connectivity index (χ2v) is 6.31. The molecule has 110 valence electrons. The molecule has 1 aromatic heterocycles. The average molecular weight is 295 g/mol. The summed E-state index contributed by atoms with van der Waals surface area (Å²) in [7, 11) is 0. The average Bonchev–Trinajstić information content (AvgIpc) is 2.87. The molecule has 0 radical (unpaired) electrons. The highest BCUT2D eigenvalue weighted by molar-refractivity contribution is 7.12. The highest BCUT2D eigenvalue weighted by atomic mass is 32.1. The van der Waals surface area contributed by atoms with E-state index in [0.717, 1.165) is 10.4 Å². The summed E-state index contributed by atoms with van der Waals surface area (Å²) < 4.78 is 0. The van der Waals surface area contributed by atoms with Crippen molar-refractivity contribution in [3.05, 3.63) is 21.9 Å². The standard InChI is InChI=1S/C14H21N3O2S/c1-10(2)11-3-8-20-13(11)14(19)17-6-4-16(5-7-17)9-12(15)18/h3,8,10H,4-7,9H2,1-2H3,(H2,15,18). The number of carbonyl (C=O) groups is 2. The minimum atomic E-state index is -0.315. The number of hydrogen-bond acceptors (Lipinski definition) is 4. The maximum atomic E-state index is 12.5. The van der Waals surface area contributed by atoms with Gasteiger partial charge in [-0.3, -0.25) is 14.5 Å². The Morgan fingerprint density at radius 2 is 1.95 bits per heavy atom. The number of nitrogens with zero attached hydrogens (tertiary/aromatic N) is 2. The van der Waals surface area contributed by atoms with E-state index >= 15 is 0 Å². The van der Waals surface area contributed by atoms with Gasteiger partial charge in [-0.1, -0.05) is 13.8 Å². The van der Waals surface area contributed by atoms with Gasteiger partial charge in [-0.2, -0.15) is 0 Å². The van der Waals surface area contributed by atoms with Crippen LogP contribution in [0.2, 0.25) is 0 Å². The van der Waals surface area contributed by atoms with Crippen molar-refractivity contribution in [2.24, 2.45) is 5.73 Å². The topological polar surface area (TPSA) is 66.6 Å². The molecule has 20 heavy (non-hydrogen) atoms. The third-order valence-electron chi connectivity index (χ3n) is 3.55. The number of rotatable bonds is 4. The van der Waals surface area contributed by atoms with Gasteiger partial charge in [0.15, 0.2) is 0 Å². The van der Waals surface area contributed by atoms with Gasteiger partial charge in [0.25, 0.3) is 5.91 Å². The number of carbonyl (C=O) groups excluding carboxylic acids is 2. The summed E-state index contributed by atoms with van der Waals surface area (Å²) in [5.41, 5.74) is 6.31. The predicted molar refractivity (Wildman–Crippen MR) is 79.9 cm³/mol. The van der Waals surface area contributed by atoms with Crippen molar-refractivity contribution >= 4 is 23.2 Å². The fraction of sp³-hybridized carbons (Fsp3) is 0.571. The van der Waals surface area contributed by atoms with Gasteiger partial charge in [0.2, 0.25) is 5.91 Å². The highest BCUT2D eigenvalue weighted by Gasteiger charge is 2.25. The maximum absolute atomic E-state index is 12.5. The van der Waals surface area contributed by atoms with Gasteiger partial charge in [-0.25, -0.2) is 0 Å². The van der Waals surface area contributed by atoms with Gasteiger partial charge in [0.1, 0.15) is 0 Å². The molecular formula is C14H21N3O2S. The van der Waals surface area contributed by atoms with Crippen molar-refractivity contribution in [3.63, 3.8) is 0 Å². The van der Waals surface area contributed by atoms with Crippen molar-refractivity contribution < 1.29 is 9.59 Å². The lowest BCUT2D eigenvalue weighted by Gasteiger charge is -2.34. The fourth-order valence-corrected chi connectivity index (χ4v) is 3.44. The molecule has 2 rings (SSSR count). The van der Waals surface area contributed by atoms with Crippen LogP contribution in [0.15, 0.2) is 11.4 Å². The Kier molecular flexibility index (Phi) is 4.77. The van der Waals surface area contributed by atoms with Gasteiger partial charge in [-0.05, 0) is 22.9 Å². The molecule has 0 aromatic carbocycles. The summed E-state index contributed by atoms with van der Waals surface area (Å²) in [5.74, 6) is 0.156. The Bertz CT molecular complexity index is 490. The van der Waals surface area contributed by atoms with Gasteiger partial charge in [-0.15, -0.1) is 11.3 Å². The first-order valence-corrected chi connectivity index (χ1v) is 7.74. The van der Waals surface area contributed by atoms with E-state index < -0.39 is 0 Å². The van der Waals surface area contributed by atoms with E-state index in [1.54, 1.807) is 0 Å². The van der Waals surface area contributed by atoms with Gasteiger partial charge in [0, 0.05) is 26.2 Å². The van der Waals surface area contributed by atoms with Crippen molar-refractivity contribution in [1.29, 1.82) is 0 Å². The molecule has 0 saturated carbocycles. The molecule has 5 nitrogen and oxygen atoms in total. The molecular weight excluding hydrogens is 274 g/mol. The SMILES string of the molecule is CC(C)c1ccsc1C(=O)N1CCN(CC(N)=O)CC1. The van der Waals surface area contributed by atoms with Crippen LogP contribution in [0.5, 0.6) is 0 Å². The van der Waals surface area contributed by atoms with Crippen molar-refractivity contribution in [2.45, 2.75) is 19.8 Å². The van der Waals surface area contributed by atoms with Crippen molar-refractivity contribution in [1.82, 2.24) is 9.80 Å². The lowest BCUT2D eigenvalue weighted by molar-refractivity contribution is -0.119. The smallest absolute Gasteiger partial charge is 0.264 e. The summed E-state index contributed by atoms with van der Waals surface area (Å²) >= 11 is 1.51. The van der Waals surface area contributed by atoms with Crippen LogP contribution in [0.3, 0.4) is 0 Å².